The summed E-state index contributed by atoms with van der Waals surface area (Å²) in [4.78, 5) is 12.4. The Labute approximate surface area is 121 Å². The van der Waals surface area contributed by atoms with Gasteiger partial charge in [0.05, 0.1) is 11.3 Å². The van der Waals surface area contributed by atoms with Crippen LogP contribution in [0.2, 0.25) is 0 Å². The molecule has 1 aliphatic heterocycles. The number of hydrogen-bond donors (Lipinski definition) is 2. The zero-order chi connectivity index (χ0) is 14.8. The monoisotopic (exact) mass is 286 g/mol. The average molecular weight is 286 g/mol. The van der Waals surface area contributed by atoms with Crippen LogP contribution in [-0.2, 0) is 0 Å². The second kappa shape index (κ2) is 5.44. The predicted octanol–water partition coefficient (Wildman–Crippen LogP) is 3.19. The molecular weight excluding hydrogens is 271 g/mol. The molecule has 4 nitrogen and oxygen atoms in total. The molecule has 2 aromatic rings. The molecule has 0 fully saturated rings. The molecule has 3 rings (SSSR count). The van der Waals surface area contributed by atoms with E-state index < -0.39 is 0 Å². The van der Waals surface area contributed by atoms with Gasteiger partial charge in [0.25, 0.3) is 5.91 Å². The third kappa shape index (κ3) is 2.67. The van der Waals surface area contributed by atoms with Crippen LogP contribution in [0.25, 0.3) is 0 Å². The van der Waals surface area contributed by atoms with E-state index in [9.17, 15) is 9.18 Å². The number of fused-ring (bicyclic) bond motifs is 1. The van der Waals surface area contributed by atoms with E-state index in [1.54, 1.807) is 25.1 Å². The summed E-state index contributed by atoms with van der Waals surface area (Å²) in [6.07, 6.45) is 0. The Balaban J connectivity index is 1.87. The lowest BCUT2D eigenvalue weighted by atomic mass is 10.1. The fourth-order valence-corrected chi connectivity index (χ4v) is 2.27. The number of ether oxygens (including phenoxy) is 1. The smallest absolute Gasteiger partial charge is 0.259 e. The van der Waals surface area contributed by atoms with E-state index in [2.05, 4.69) is 10.6 Å². The van der Waals surface area contributed by atoms with Gasteiger partial charge < -0.3 is 15.4 Å². The van der Waals surface area contributed by atoms with Crippen molar-refractivity contribution < 1.29 is 13.9 Å². The lowest BCUT2D eigenvalue weighted by Crippen LogP contribution is -2.21. The van der Waals surface area contributed by atoms with Gasteiger partial charge in [-0.2, -0.15) is 0 Å². The average Bonchev–Trinajstić information content (AvgIpc) is 2.50. The fourth-order valence-electron chi connectivity index (χ4n) is 2.27. The van der Waals surface area contributed by atoms with Crippen molar-refractivity contribution in [3.8, 4) is 5.75 Å². The third-order valence-corrected chi connectivity index (χ3v) is 3.34. The Hall–Kier alpha value is -2.56. The molecule has 0 saturated carbocycles. The maximum absolute atomic E-state index is 13.2. The minimum Gasteiger partial charge on any atom is -0.489 e. The molecule has 0 saturated heterocycles. The van der Waals surface area contributed by atoms with Crippen molar-refractivity contribution in [3.05, 3.63) is 53.3 Å². The standard InChI is InChI=1S/C16H15FN2O2/c1-10-9-11(5-6-13(10)17)19-16(20)12-3-2-4-14-15(12)21-8-7-18-14/h2-6,9,18H,7-8H2,1H3,(H,19,20). The molecule has 1 heterocycles. The van der Waals surface area contributed by atoms with E-state index in [4.69, 9.17) is 4.74 Å². The number of aryl methyl sites for hydroxylation is 1. The zero-order valence-corrected chi connectivity index (χ0v) is 11.6. The number of amides is 1. The van der Waals surface area contributed by atoms with Crippen molar-refractivity contribution in [1.82, 2.24) is 0 Å². The van der Waals surface area contributed by atoms with E-state index >= 15 is 0 Å². The maximum atomic E-state index is 13.2. The minimum atomic E-state index is -0.294. The number of benzene rings is 2. The molecule has 2 N–H and O–H groups in total. The van der Waals surface area contributed by atoms with Crippen molar-refractivity contribution in [2.24, 2.45) is 0 Å². The van der Waals surface area contributed by atoms with E-state index in [0.717, 1.165) is 12.2 Å². The molecule has 108 valence electrons. The molecule has 21 heavy (non-hydrogen) atoms. The SMILES string of the molecule is Cc1cc(NC(=O)c2cccc3c2OCCN3)ccc1F. The normalized spacial score (nSPS) is 12.9. The summed E-state index contributed by atoms with van der Waals surface area (Å²) in [5.74, 6) is -0.0146. The van der Waals surface area contributed by atoms with Gasteiger partial charge in [0.15, 0.2) is 5.75 Å². The maximum Gasteiger partial charge on any atom is 0.259 e. The predicted molar refractivity (Wildman–Crippen MR) is 79.5 cm³/mol. The molecule has 0 bridgehead atoms. The largest absolute Gasteiger partial charge is 0.489 e. The molecule has 1 aliphatic rings. The first kappa shape index (κ1) is 13.4. The summed E-state index contributed by atoms with van der Waals surface area (Å²) in [7, 11) is 0. The van der Waals surface area contributed by atoms with Gasteiger partial charge in [-0.15, -0.1) is 0 Å². The fraction of sp³-hybridized carbons (Fsp3) is 0.188. The van der Waals surface area contributed by atoms with Gasteiger partial charge in [-0.1, -0.05) is 6.07 Å². The van der Waals surface area contributed by atoms with Crippen molar-refractivity contribution in [2.75, 3.05) is 23.8 Å². The molecule has 2 aromatic carbocycles. The number of anilines is 2. The molecule has 0 spiro atoms. The summed E-state index contributed by atoms with van der Waals surface area (Å²) < 4.78 is 18.8. The highest BCUT2D eigenvalue weighted by Crippen LogP contribution is 2.31. The lowest BCUT2D eigenvalue weighted by molar-refractivity contribution is 0.102. The molecule has 0 radical (unpaired) electrons. The van der Waals surface area contributed by atoms with E-state index in [-0.39, 0.29) is 11.7 Å². The molecule has 1 amide bonds. The Kier molecular flexibility index (Phi) is 3.48. The molecular formula is C16H15FN2O2. The number of halogens is 1. The summed E-state index contributed by atoms with van der Waals surface area (Å²) >= 11 is 0. The number of carbonyl (C=O) groups excluding carboxylic acids is 1. The highest BCUT2D eigenvalue weighted by molar-refractivity contribution is 6.07. The van der Waals surface area contributed by atoms with Gasteiger partial charge in [0.2, 0.25) is 0 Å². The van der Waals surface area contributed by atoms with Crippen LogP contribution in [0.15, 0.2) is 36.4 Å². The highest BCUT2D eigenvalue weighted by Gasteiger charge is 2.19. The molecule has 0 unspecified atom stereocenters. The highest BCUT2D eigenvalue weighted by atomic mass is 19.1. The van der Waals surface area contributed by atoms with Gasteiger partial charge in [-0.25, -0.2) is 4.39 Å². The van der Waals surface area contributed by atoms with Crippen LogP contribution in [0.1, 0.15) is 15.9 Å². The topological polar surface area (TPSA) is 50.4 Å². The first-order valence-electron chi connectivity index (χ1n) is 6.72. The van der Waals surface area contributed by atoms with Gasteiger partial charge >= 0.3 is 0 Å². The van der Waals surface area contributed by atoms with Gasteiger partial charge in [-0.3, -0.25) is 4.79 Å². The minimum absolute atomic E-state index is 0.276. The van der Waals surface area contributed by atoms with Crippen molar-refractivity contribution in [1.29, 1.82) is 0 Å². The van der Waals surface area contributed by atoms with Crippen LogP contribution in [-0.4, -0.2) is 19.1 Å². The summed E-state index contributed by atoms with van der Waals surface area (Å²) in [5.41, 5.74) is 2.31. The van der Waals surface area contributed by atoms with E-state index in [0.29, 0.717) is 29.2 Å². The van der Waals surface area contributed by atoms with E-state index in [1.807, 2.05) is 6.07 Å². The molecule has 0 atom stereocenters. The number of carbonyl (C=O) groups is 1. The Morgan fingerprint density at radius 2 is 2.19 bits per heavy atom. The Bertz CT molecular complexity index is 701. The Morgan fingerprint density at radius 3 is 3.00 bits per heavy atom. The Morgan fingerprint density at radius 1 is 1.33 bits per heavy atom. The summed E-state index contributed by atoms with van der Waals surface area (Å²) in [6.45, 7) is 2.89. The van der Waals surface area contributed by atoms with E-state index in [1.165, 1.54) is 12.1 Å². The number of hydrogen-bond acceptors (Lipinski definition) is 3. The molecule has 5 heteroatoms. The zero-order valence-electron chi connectivity index (χ0n) is 11.6. The van der Waals surface area contributed by atoms with Crippen LogP contribution >= 0.6 is 0 Å². The molecule has 0 aromatic heterocycles. The number of para-hydroxylation sites is 1. The van der Waals surface area contributed by atoms with Crippen LogP contribution < -0.4 is 15.4 Å². The quantitative estimate of drug-likeness (QED) is 0.891. The van der Waals surface area contributed by atoms with Gasteiger partial charge in [-0.05, 0) is 42.8 Å². The number of rotatable bonds is 2. The third-order valence-electron chi connectivity index (χ3n) is 3.34. The van der Waals surface area contributed by atoms with Gasteiger partial charge in [0, 0.05) is 12.2 Å². The second-order valence-corrected chi connectivity index (χ2v) is 4.88. The summed E-state index contributed by atoms with van der Waals surface area (Å²) in [6, 6.07) is 9.84. The van der Waals surface area contributed by atoms with Crippen LogP contribution in [0.5, 0.6) is 5.75 Å². The number of nitrogens with one attached hydrogen (secondary N) is 2. The van der Waals surface area contributed by atoms with Crippen molar-refractivity contribution in [2.45, 2.75) is 6.92 Å². The van der Waals surface area contributed by atoms with Gasteiger partial charge in [0.1, 0.15) is 12.4 Å². The summed E-state index contributed by atoms with van der Waals surface area (Å²) in [5, 5.41) is 5.95. The van der Waals surface area contributed by atoms with Crippen LogP contribution in [0.3, 0.4) is 0 Å². The van der Waals surface area contributed by atoms with Crippen LogP contribution in [0, 0.1) is 12.7 Å². The van der Waals surface area contributed by atoms with Crippen molar-refractivity contribution >= 4 is 17.3 Å². The van der Waals surface area contributed by atoms with Crippen molar-refractivity contribution in [3.63, 3.8) is 0 Å². The molecule has 0 aliphatic carbocycles. The second-order valence-electron chi connectivity index (χ2n) is 4.88. The van der Waals surface area contributed by atoms with Crippen LogP contribution in [0.4, 0.5) is 15.8 Å². The first-order valence-corrected chi connectivity index (χ1v) is 6.72. The lowest BCUT2D eigenvalue weighted by Gasteiger charge is -2.21. The first-order chi connectivity index (χ1) is 10.1.